The van der Waals surface area contributed by atoms with E-state index in [1.54, 1.807) is 42.2 Å². The third-order valence-electron chi connectivity index (χ3n) is 4.43. The van der Waals surface area contributed by atoms with Crippen molar-refractivity contribution in [2.75, 3.05) is 18.0 Å². The molecule has 1 aliphatic heterocycles. The largest absolute Gasteiger partial charge is 0.352 e. The monoisotopic (exact) mass is 340 g/mol. The third-order valence-corrected chi connectivity index (χ3v) is 4.43. The lowest BCUT2D eigenvalue weighted by molar-refractivity contribution is 0.0940. The van der Waals surface area contributed by atoms with E-state index in [2.05, 4.69) is 20.6 Å². The van der Waals surface area contributed by atoms with Crippen LogP contribution in [0.5, 0.6) is 0 Å². The number of nitrogens with zero attached hydrogens (tertiary/aromatic N) is 5. The molecular weight excluding hydrogens is 323 g/mol. The Morgan fingerprint density at radius 3 is 3.08 bits per heavy atom. The summed E-state index contributed by atoms with van der Waals surface area (Å²) in [6, 6.07) is 8.20. The van der Waals surface area contributed by atoms with Crippen LogP contribution in [0.15, 0.2) is 36.5 Å². The first-order valence-electron chi connectivity index (χ1n) is 8.07. The fourth-order valence-electron chi connectivity index (χ4n) is 3.12. The first-order chi connectivity index (χ1) is 12.1. The average molecular weight is 340 g/mol. The van der Waals surface area contributed by atoms with E-state index in [0.717, 1.165) is 17.5 Å². The SMILES string of the molecule is Cn1nnc2ccc(C(=O)NC3CCN(c4ncccc4F)C3)cc21. The summed E-state index contributed by atoms with van der Waals surface area (Å²) in [5, 5.41) is 11.0. The Bertz CT molecular complexity index is 940. The molecule has 0 spiro atoms. The molecule has 0 aliphatic carbocycles. The molecule has 1 unspecified atom stereocenters. The van der Waals surface area contributed by atoms with Crippen molar-refractivity contribution in [1.29, 1.82) is 0 Å². The zero-order chi connectivity index (χ0) is 17.4. The number of fused-ring (bicyclic) bond motifs is 1. The van der Waals surface area contributed by atoms with Crippen molar-refractivity contribution < 1.29 is 9.18 Å². The first-order valence-corrected chi connectivity index (χ1v) is 8.07. The van der Waals surface area contributed by atoms with Crippen molar-refractivity contribution >= 4 is 22.8 Å². The minimum absolute atomic E-state index is 0.0470. The number of nitrogens with one attached hydrogen (secondary N) is 1. The topological polar surface area (TPSA) is 75.9 Å². The number of rotatable bonds is 3. The van der Waals surface area contributed by atoms with Crippen molar-refractivity contribution in [2.24, 2.45) is 7.05 Å². The predicted molar refractivity (Wildman–Crippen MR) is 90.8 cm³/mol. The molecule has 1 aromatic carbocycles. The molecule has 0 bridgehead atoms. The lowest BCUT2D eigenvalue weighted by Crippen LogP contribution is -2.37. The number of benzene rings is 1. The van der Waals surface area contributed by atoms with Crippen LogP contribution in [0.4, 0.5) is 10.2 Å². The van der Waals surface area contributed by atoms with Gasteiger partial charge in [0.1, 0.15) is 5.52 Å². The van der Waals surface area contributed by atoms with Crippen LogP contribution in [-0.4, -0.2) is 45.0 Å². The van der Waals surface area contributed by atoms with Gasteiger partial charge in [0.2, 0.25) is 0 Å². The summed E-state index contributed by atoms with van der Waals surface area (Å²) in [6.45, 7) is 1.19. The zero-order valence-electron chi connectivity index (χ0n) is 13.7. The fraction of sp³-hybridized carbons (Fsp3) is 0.294. The number of pyridine rings is 1. The van der Waals surface area contributed by atoms with Crippen LogP contribution in [0.1, 0.15) is 16.8 Å². The Hall–Kier alpha value is -3.03. The van der Waals surface area contributed by atoms with Gasteiger partial charge in [-0.15, -0.1) is 5.10 Å². The molecular formula is C17H17FN6O. The van der Waals surface area contributed by atoms with Crippen molar-refractivity contribution in [2.45, 2.75) is 12.5 Å². The van der Waals surface area contributed by atoms with Crippen molar-refractivity contribution in [3.63, 3.8) is 0 Å². The maximum Gasteiger partial charge on any atom is 0.251 e. The second kappa shape index (κ2) is 6.12. The van der Waals surface area contributed by atoms with Gasteiger partial charge in [0, 0.05) is 37.9 Å². The average Bonchev–Trinajstić information content (AvgIpc) is 3.22. The van der Waals surface area contributed by atoms with Crippen LogP contribution in [0.25, 0.3) is 11.0 Å². The summed E-state index contributed by atoms with van der Waals surface area (Å²) >= 11 is 0. The van der Waals surface area contributed by atoms with Crippen LogP contribution in [0.3, 0.4) is 0 Å². The van der Waals surface area contributed by atoms with E-state index >= 15 is 0 Å². The molecule has 3 heterocycles. The molecule has 1 aliphatic rings. The fourth-order valence-corrected chi connectivity index (χ4v) is 3.12. The molecule has 7 nitrogen and oxygen atoms in total. The van der Waals surface area contributed by atoms with Gasteiger partial charge in [-0.1, -0.05) is 5.21 Å². The number of hydrogen-bond acceptors (Lipinski definition) is 5. The van der Waals surface area contributed by atoms with E-state index in [9.17, 15) is 9.18 Å². The van der Waals surface area contributed by atoms with Gasteiger partial charge in [-0.3, -0.25) is 4.79 Å². The predicted octanol–water partition coefficient (Wildman–Crippen LogP) is 1.51. The Morgan fingerprint density at radius 2 is 2.24 bits per heavy atom. The molecule has 1 amide bonds. The van der Waals surface area contributed by atoms with Crippen molar-refractivity contribution in [3.8, 4) is 0 Å². The highest BCUT2D eigenvalue weighted by atomic mass is 19.1. The molecule has 0 saturated carbocycles. The summed E-state index contributed by atoms with van der Waals surface area (Å²) in [4.78, 5) is 18.5. The molecule has 0 radical (unpaired) electrons. The van der Waals surface area contributed by atoms with E-state index in [-0.39, 0.29) is 17.8 Å². The molecule has 25 heavy (non-hydrogen) atoms. The molecule has 1 N–H and O–H groups in total. The van der Waals surface area contributed by atoms with Crippen molar-refractivity contribution in [3.05, 3.63) is 47.9 Å². The number of carbonyl (C=O) groups is 1. The molecule has 8 heteroatoms. The molecule has 1 fully saturated rings. The maximum absolute atomic E-state index is 13.8. The van der Waals surface area contributed by atoms with Gasteiger partial charge in [-0.2, -0.15) is 0 Å². The summed E-state index contributed by atoms with van der Waals surface area (Å²) in [7, 11) is 1.78. The van der Waals surface area contributed by atoms with Gasteiger partial charge in [-0.25, -0.2) is 14.1 Å². The van der Waals surface area contributed by atoms with E-state index in [0.29, 0.717) is 24.5 Å². The number of hydrogen-bond donors (Lipinski definition) is 1. The number of aryl methyl sites for hydroxylation is 1. The van der Waals surface area contributed by atoms with Crippen molar-refractivity contribution in [1.82, 2.24) is 25.3 Å². The molecule has 4 rings (SSSR count). The minimum atomic E-state index is -0.344. The summed E-state index contributed by atoms with van der Waals surface area (Å²) in [5.41, 5.74) is 2.10. The smallest absolute Gasteiger partial charge is 0.251 e. The number of halogens is 1. The van der Waals surface area contributed by atoms with E-state index in [4.69, 9.17) is 0 Å². The maximum atomic E-state index is 13.8. The third kappa shape index (κ3) is 2.90. The van der Waals surface area contributed by atoms with Gasteiger partial charge in [0.25, 0.3) is 5.91 Å². The quantitative estimate of drug-likeness (QED) is 0.782. The van der Waals surface area contributed by atoms with Crippen LogP contribution >= 0.6 is 0 Å². The first kappa shape index (κ1) is 15.5. The van der Waals surface area contributed by atoms with Gasteiger partial charge >= 0.3 is 0 Å². The molecule has 1 atom stereocenters. The molecule has 1 saturated heterocycles. The van der Waals surface area contributed by atoms with Crippen LogP contribution in [0.2, 0.25) is 0 Å². The van der Waals surface area contributed by atoms with Crippen LogP contribution in [0, 0.1) is 5.82 Å². The number of aromatic nitrogens is 4. The van der Waals surface area contributed by atoms with E-state index in [1.807, 2.05) is 4.90 Å². The van der Waals surface area contributed by atoms with Gasteiger partial charge in [-0.05, 0) is 36.8 Å². The van der Waals surface area contributed by atoms with E-state index < -0.39 is 0 Å². The number of anilines is 1. The Balaban J connectivity index is 1.46. The van der Waals surface area contributed by atoms with Gasteiger partial charge < -0.3 is 10.2 Å². The zero-order valence-corrected chi connectivity index (χ0v) is 13.7. The highest BCUT2D eigenvalue weighted by molar-refractivity contribution is 5.97. The lowest BCUT2D eigenvalue weighted by Gasteiger charge is -2.18. The molecule has 3 aromatic rings. The van der Waals surface area contributed by atoms with E-state index in [1.165, 1.54) is 6.07 Å². The molecule has 128 valence electrons. The van der Waals surface area contributed by atoms with Crippen LogP contribution < -0.4 is 10.2 Å². The summed E-state index contributed by atoms with van der Waals surface area (Å²) < 4.78 is 15.5. The highest BCUT2D eigenvalue weighted by Crippen LogP contribution is 2.21. The summed E-state index contributed by atoms with van der Waals surface area (Å²) in [6.07, 6.45) is 2.32. The normalized spacial score (nSPS) is 17.2. The number of amides is 1. The van der Waals surface area contributed by atoms with Gasteiger partial charge in [0.05, 0.1) is 5.52 Å². The molecule has 2 aromatic heterocycles. The Labute approximate surface area is 143 Å². The minimum Gasteiger partial charge on any atom is -0.352 e. The van der Waals surface area contributed by atoms with Crippen LogP contribution in [-0.2, 0) is 7.05 Å². The Morgan fingerprint density at radius 1 is 1.36 bits per heavy atom. The number of carbonyl (C=O) groups excluding carboxylic acids is 1. The Kier molecular flexibility index (Phi) is 3.79. The standard InChI is InChI=1S/C17H17FN6O/c1-23-15-9-11(4-5-14(15)21-22-23)17(25)20-12-6-8-24(10-12)16-13(18)3-2-7-19-16/h2-5,7,9,12H,6,8,10H2,1H3,(H,20,25). The highest BCUT2D eigenvalue weighted by Gasteiger charge is 2.26. The second-order valence-electron chi connectivity index (χ2n) is 6.13. The lowest BCUT2D eigenvalue weighted by atomic mass is 10.1. The second-order valence-corrected chi connectivity index (χ2v) is 6.13. The summed E-state index contributed by atoms with van der Waals surface area (Å²) in [5.74, 6) is -0.165. The van der Waals surface area contributed by atoms with Gasteiger partial charge in [0.15, 0.2) is 11.6 Å².